The number of hydrogen-bond donors (Lipinski definition) is 4. The van der Waals surface area contributed by atoms with Gasteiger partial charge in [-0.05, 0) is 17.7 Å². The van der Waals surface area contributed by atoms with Gasteiger partial charge >= 0.3 is 12.0 Å². The van der Waals surface area contributed by atoms with Gasteiger partial charge in [-0.25, -0.2) is 14.6 Å². The first-order valence-corrected chi connectivity index (χ1v) is 9.44. The lowest BCUT2D eigenvalue weighted by atomic mass is 9.82. The second-order valence-corrected chi connectivity index (χ2v) is 7.16. The average Bonchev–Trinajstić information content (AvgIpc) is 3.34. The summed E-state index contributed by atoms with van der Waals surface area (Å²) in [5.74, 6) is -4.36. The van der Waals surface area contributed by atoms with Crippen LogP contribution in [0.2, 0.25) is 0 Å². The number of aromatic hydroxyl groups is 1. The Morgan fingerprint density at radius 1 is 1.22 bits per heavy atom. The Balaban J connectivity index is 2.02. The second kappa shape index (κ2) is 7.68. The first-order valence-electron chi connectivity index (χ1n) is 9.44. The van der Waals surface area contributed by atoms with E-state index in [-0.39, 0.29) is 23.3 Å². The van der Waals surface area contributed by atoms with Gasteiger partial charge in [-0.2, -0.15) is 14.6 Å². The number of imidazole rings is 1. The molecule has 4 amide bonds. The van der Waals surface area contributed by atoms with Crippen LogP contribution in [0.15, 0.2) is 24.5 Å². The number of amides is 4. The Labute approximate surface area is 180 Å². The molecule has 3 aromatic rings. The van der Waals surface area contributed by atoms with Gasteiger partial charge in [-0.15, -0.1) is 0 Å². The molecule has 0 aliphatic carbocycles. The fraction of sp³-hybridized carbons (Fsp3) is 0.263. The largest absolute Gasteiger partial charge is 0.711 e. The standard InChI is InChI=1S/C19H19N7O6/c1-8-9(2)26(31)17(25(8)18-20-7-21-24-18)13(10-4-5-11(27)12(6-10)32-3)14-15(28)22-19(30)23-16(14)29/h4-7,13-14,27H,1-3H3,(H,20,21,24)(H2,22,23,28,29,30)/t13-/m1/s1. The normalized spacial score (nSPS) is 15.4. The van der Waals surface area contributed by atoms with Crippen LogP contribution in [0, 0.1) is 25.0 Å². The predicted octanol–water partition coefficient (Wildman–Crippen LogP) is -0.326. The van der Waals surface area contributed by atoms with Crippen LogP contribution in [-0.4, -0.2) is 49.8 Å². The van der Waals surface area contributed by atoms with Gasteiger partial charge < -0.3 is 15.1 Å². The van der Waals surface area contributed by atoms with Crippen molar-refractivity contribution in [1.82, 2.24) is 30.4 Å². The van der Waals surface area contributed by atoms with Crippen molar-refractivity contribution in [2.24, 2.45) is 5.92 Å². The monoisotopic (exact) mass is 441 g/mol. The fourth-order valence-electron chi connectivity index (χ4n) is 3.79. The summed E-state index contributed by atoms with van der Waals surface area (Å²) < 4.78 is 7.22. The average molecular weight is 441 g/mol. The number of barbiturate groups is 1. The van der Waals surface area contributed by atoms with Crippen LogP contribution in [0.5, 0.6) is 11.5 Å². The molecule has 1 atom stereocenters. The maximum Gasteiger partial charge on any atom is 0.328 e. The number of carbonyl (C=O) groups is 3. The zero-order chi connectivity index (χ0) is 23.2. The van der Waals surface area contributed by atoms with E-state index in [2.05, 4.69) is 25.8 Å². The Morgan fingerprint density at radius 3 is 2.50 bits per heavy atom. The summed E-state index contributed by atoms with van der Waals surface area (Å²) in [6.07, 6.45) is 1.25. The maximum atomic E-state index is 13.3. The Morgan fingerprint density at radius 2 is 1.91 bits per heavy atom. The van der Waals surface area contributed by atoms with E-state index in [0.29, 0.717) is 21.7 Å². The summed E-state index contributed by atoms with van der Waals surface area (Å²) in [5, 5.41) is 33.9. The highest BCUT2D eigenvalue weighted by molar-refractivity contribution is 6.16. The summed E-state index contributed by atoms with van der Waals surface area (Å²) >= 11 is 0. The molecule has 0 bridgehead atoms. The number of aromatic amines is 1. The van der Waals surface area contributed by atoms with E-state index in [0.717, 1.165) is 0 Å². The van der Waals surface area contributed by atoms with E-state index >= 15 is 0 Å². The van der Waals surface area contributed by atoms with Crippen molar-refractivity contribution in [1.29, 1.82) is 0 Å². The van der Waals surface area contributed by atoms with Crippen LogP contribution < -0.4 is 20.1 Å². The van der Waals surface area contributed by atoms with E-state index in [9.17, 15) is 24.7 Å². The van der Waals surface area contributed by atoms with Gasteiger partial charge in [-0.1, -0.05) is 6.07 Å². The number of hydrogen-bond acceptors (Lipinski definition) is 8. The van der Waals surface area contributed by atoms with Crippen molar-refractivity contribution in [3.63, 3.8) is 0 Å². The molecule has 0 unspecified atom stereocenters. The second-order valence-electron chi connectivity index (χ2n) is 7.16. The molecule has 1 fully saturated rings. The molecule has 0 radical (unpaired) electrons. The Bertz CT molecular complexity index is 1210. The lowest BCUT2D eigenvalue weighted by Crippen LogP contribution is -2.58. The quantitative estimate of drug-likeness (QED) is 0.236. The number of methoxy groups -OCH3 is 1. The highest BCUT2D eigenvalue weighted by atomic mass is 16.5. The molecule has 1 aliphatic heterocycles. The number of rotatable bonds is 5. The zero-order valence-electron chi connectivity index (χ0n) is 17.2. The molecule has 4 N–H and O–H groups in total. The van der Waals surface area contributed by atoms with E-state index in [1.54, 1.807) is 13.8 Å². The van der Waals surface area contributed by atoms with Crippen LogP contribution in [0.4, 0.5) is 4.79 Å². The van der Waals surface area contributed by atoms with Crippen molar-refractivity contribution in [3.8, 4) is 17.4 Å². The highest BCUT2D eigenvalue weighted by Gasteiger charge is 2.48. The molecular formula is C19H19N7O6. The molecule has 4 rings (SSSR count). The molecule has 166 valence electrons. The summed E-state index contributed by atoms with van der Waals surface area (Å²) in [4.78, 5) is 41.3. The van der Waals surface area contributed by atoms with E-state index in [1.165, 1.54) is 36.2 Å². The third-order valence-electron chi connectivity index (χ3n) is 5.43. The minimum Gasteiger partial charge on any atom is -0.711 e. The minimum absolute atomic E-state index is 0.0193. The highest BCUT2D eigenvalue weighted by Crippen LogP contribution is 2.38. The van der Waals surface area contributed by atoms with Gasteiger partial charge in [0.25, 0.3) is 5.82 Å². The smallest absolute Gasteiger partial charge is 0.328 e. The molecule has 1 aliphatic rings. The molecular weight excluding hydrogens is 422 g/mol. The number of aromatic nitrogens is 5. The lowest BCUT2D eigenvalue weighted by Gasteiger charge is -2.27. The molecule has 0 spiro atoms. The van der Waals surface area contributed by atoms with Crippen molar-refractivity contribution in [2.75, 3.05) is 7.11 Å². The van der Waals surface area contributed by atoms with Crippen LogP contribution in [0.1, 0.15) is 28.7 Å². The summed E-state index contributed by atoms with van der Waals surface area (Å²) in [5.41, 5.74) is 1.11. The number of ether oxygens (including phenoxy) is 1. The van der Waals surface area contributed by atoms with Crippen molar-refractivity contribution in [2.45, 2.75) is 19.8 Å². The summed E-state index contributed by atoms with van der Waals surface area (Å²) in [7, 11) is 1.34. The molecule has 13 heteroatoms. The van der Waals surface area contributed by atoms with Crippen molar-refractivity contribution in [3.05, 3.63) is 52.5 Å². The van der Waals surface area contributed by atoms with Crippen molar-refractivity contribution >= 4 is 17.8 Å². The van der Waals surface area contributed by atoms with Gasteiger partial charge in [0.1, 0.15) is 23.9 Å². The third-order valence-corrected chi connectivity index (χ3v) is 5.43. The van der Waals surface area contributed by atoms with E-state index in [1.807, 2.05) is 0 Å². The molecule has 2 aromatic heterocycles. The van der Waals surface area contributed by atoms with E-state index in [4.69, 9.17) is 4.74 Å². The number of carbonyl (C=O) groups excluding carboxylic acids is 3. The lowest BCUT2D eigenvalue weighted by molar-refractivity contribution is -0.621. The first-order chi connectivity index (χ1) is 15.2. The van der Waals surface area contributed by atoms with Gasteiger partial charge in [0, 0.05) is 13.8 Å². The number of nitrogens with one attached hydrogen (secondary N) is 3. The molecule has 32 heavy (non-hydrogen) atoms. The Hall–Kier alpha value is -4.42. The molecule has 1 saturated heterocycles. The van der Waals surface area contributed by atoms with Gasteiger partial charge in [0.05, 0.1) is 7.11 Å². The molecule has 3 heterocycles. The molecule has 0 saturated carbocycles. The number of phenolic OH excluding ortho intramolecular Hbond substituents is 1. The predicted molar refractivity (Wildman–Crippen MR) is 106 cm³/mol. The van der Waals surface area contributed by atoms with E-state index < -0.39 is 29.7 Å². The number of phenols is 1. The van der Waals surface area contributed by atoms with Crippen LogP contribution in [-0.2, 0) is 9.59 Å². The maximum absolute atomic E-state index is 13.3. The number of imide groups is 2. The van der Waals surface area contributed by atoms with Crippen LogP contribution in [0.25, 0.3) is 5.95 Å². The van der Waals surface area contributed by atoms with Gasteiger partial charge in [0.2, 0.25) is 11.8 Å². The first kappa shape index (κ1) is 20.8. The summed E-state index contributed by atoms with van der Waals surface area (Å²) in [6, 6.07) is 3.24. The molecule has 1 aromatic carbocycles. The zero-order valence-corrected chi connectivity index (χ0v) is 17.2. The number of benzene rings is 1. The third kappa shape index (κ3) is 3.19. The minimum atomic E-state index is -1.49. The summed E-state index contributed by atoms with van der Waals surface area (Å²) in [6.45, 7) is 3.26. The topological polar surface area (TPSA) is 178 Å². The van der Waals surface area contributed by atoms with Gasteiger partial charge in [-0.3, -0.25) is 20.2 Å². The van der Waals surface area contributed by atoms with Crippen molar-refractivity contribution < 1.29 is 29.0 Å². The number of H-pyrrole nitrogens is 1. The Kier molecular flexibility index (Phi) is 5.00. The van der Waals surface area contributed by atoms with Crippen LogP contribution in [0.3, 0.4) is 0 Å². The molecule has 13 nitrogen and oxygen atoms in total. The fourth-order valence-corrected chi connectivity index (χ4v) is 3.79. The SMILES string of the molecule is COc1cc([C@@H](c2n(-c3ncn[nH]3)c(C)c(C)[n+]2[O-])C2C(=O)NC(=O)NC2=O)ccc1O. The number of urea groups is 1. The van der Waals surface area contributed by atoms with Crippen LogP contribution >= 0.6 is 0 Å². The van der Waals surface area contributed by atoms with Gasteiger partial charge in [0.15, 0.2) is 17.2 Å². The number of nitrogens with zero attached hydrogens (tertiary/aromatic N) is 4.